The fourth-order valence-corrected chi connectivity index (χ4v) is 7.92. The van der Waals surface area contributed by atoms with Crippen LogP contribution >= 0.6 is 0 Å². The second-order valence-electron chi connectivity index (χ2n) is 17.5. The van der Waals surface area contributed by atoms with Crippen molar-refractivity contribution in [3.63, 3.8) is 0 Å². The third kappa shape index (κ3) is 40.6. The number of carboxylic acid groups (broad SMARTS) is 2. The summed E-state index contributed by atoms with van der Waals surface area (Å²) in [6.07, 6.45) is 26.7. The van der Waals surface area contributed by atoms with E-state index in [1.807, 2.05) is 60.7 Å². The second-order valence-corrected chi connectivity index (χ2v) is 17.5. The Bertz CT molecular complexity index is 1320. The van der Waals surface area contributed by atoms with Gasteiger partial charge in [0.05, 0.1) is 25.4 Å². The molecule has 0 aliphatic heterocycles. The molecule has 11 heteroatoms. The Labute approximate surface area is 434 Å². The normalized spacial score (nSPS) is 12.7. The van der Waals surface area contributed by atoms with Crippen molar-refractivity contribution in [3.8, 4) is 0 Å². The molecule has 4 unspecified atom stereocenters. The van der Waals surface area contributed by atoms with Crippen LogP contribution in [0.1, 0.15) is 219 Å². The van der Waals surface area contributed by atoms with Crippen LogP contribution in [0.25, 0.3) is 0 Å². The zero-order chi connectivity index (χ0) is 46.9. The maximum absolute atomic E-state index is 11.7. The molecule has 2 rings (SSSR count). The predicted molar refractivity (Wildman–Crippen MR) is 258 cm³/mol. The first-order valence-electron chi connectivity index (χ1n) is 25.1. The first-order chi connectivity index (χ1) is 31.0. The average molecular weight is 1030 g/mol. The summed E-state index contributed by atoms with van der Waals surface area (Å²) >= 11 is 0. The Hall–Kier alpha value is -2.19. The van der Waals surface area contributed by atoms with Gasteiger partial charge in [-0.2, -0.15) is 0 Å². The number of carbonyl (C=O) groups is 4. The monoisotopic (exact) mass is 1030 g/mol. The number of ether oxygens (including phenoxy) is 4. The minimum absolute atomic E-state index is 0. The van der Waals surface area contributed by atoms with Gasteiger partial charge in [0.1, 0.15) is 12.2 Å². The van der Waals surface area contributed by atoms with Crippen molar-refractivity contribution in [1.29, 1.82) is 0 Å². The van der Waals surface area contributed by atoms with E-state index >= 15 is 0 Å². The number of benzene rings is 2. The molecule has 0 radical (unpaired) electrons. The molecule has 65 heavy (non-hydrogen) atoms. The van der Waals surface area contributed by atoms with E-state index in [9.17, 15) is 29.4 Å². The molecule has 0 aliphatic carbocycles. The summed E-state index contributed by atoms with van der Waals surface area (Å²) in [4.78, 5) is 44.7. The van der Waals surface area contributed by atoms with Gasteiger partial charge in [-0.05, 0) is 75.3 Å². The van der Waals surface area contributed by atoms with E-state index in [0.717, 1.165) is 75.3 Å². The van der Waals surface area contributed by atoms with Crippen LogP contribution in [-0.4, -0.2) is 97.2 Å². The number of unbranched alkanes of at least 4 members (excludes halogenated alkanes) is 16. The summed E-state index contributed by atoms with van der Waals surface area (Å²) in [7, 11) is 0. The first kappa shape index (κ1) is 62.8. The molecule has 364 valence electrons. The van der Waals surface area contributed by atoms with Gasteiger partial charge in [-0.3, -0.25) is 9.59 Å². The minimum atomic E-state index is -1.01. The SMILES string of the molecule is CCCCCCCCCCC(CC(CCCCC(=O)[O-])OCc1ccccc1)OC(C)=O.CCCCCCCCCCC(CC(CCCCC(=O)[O-])OCc1ccccc1)OC(C)=O.[Ba+2]. The summed E-state index contributed by atoms with van der Waals surface area (Å²) in [5, 5.41) is 21.4. The smallest absolute Gasteiger partial charge is 0.550 e. The van der Waals surface area contributed by atoms with Crippen molar-refractivity contribution in [2.45, 2.75) is 245 Å². The summed E-state index contributed by atoms with van der Waals surface area (Å²) in [5.74, 6) is -2.54. The van der Waals surface area contributed by atoms with Gasteiger partial charge in [0.25, 0.3) is 0 Å². The summed E-state index contributed by atoms with van der Waals surface area (Å²) in [6.45, 7) is 8.37. The van der Waals surface area contributed by atoms with E-state index in [-0.39, 0.29) is 98.1 Å². The van der Waals surface area contributed by atoms with Crippen molar-refractivity contribution in [2.24, 2.45) is 0 Å². The van der Waals surface area contributed by atoms with Crippen molar-refractivity contribution in [1.82, 2.24) is 0 Å². The predicted octanol–water partition coefficient (Wildman–Crippen LogP) is 11.1. The molecule has 0 bridgehead atoms. The Kier molecular flexibility index (Phi) is 42.8. The Morgan fingerprint density at radius 1 is 0.431 bits per heavy atom. The molecule has 0 N–H and O–H groups in total. The molecule has 0 spiro atoms. The Morgan fingerprint density at radius 3 is 1.03 bits per heavy atom. The zero-order valence-electron chi connectivity index (χ0n) is 41.1. The molecule has 0 amide bonds. The van der Waals surface area contributed by atoms with Crippen LogP contribution in [0.15, 0.2) is 60.7 Å². The molecule has 0 fully saturated rings. The molecular weight excluding hydrogens is 946 g/mol. The minimum Gasteiger partial charge on any atom is -0.550 e. The number of carboxylic acids is 2. The fraction of sp³-hybridized carbons (Fsp3) is 0.704. The third-order valence-electron chi connectivity index (χ3n) is 11.4. The van der Waals surface area contributed by atoms with Crippen molar-refractivity contribution in [2.75, 3.05) is 0 Å². The Balaban J connectivity index is 0.00000124. The summed E-state index contributed by atoms with van der Waals surface area (Å²) in [5.41, 5.74) is 2.19. The van der Waals surface area contributed by atoms with Crippen molar-refractivity contribution >= 4 is 72.8 Å². The van der Waals surface area contributed by atoms with Crippen LogP contribution in [0.2, 0.25) is 0 Å². The van der Waals surface area contributed by atoms with Crippen LogP contribution in [0.5, 0.6) is 0 Å². The van der Waals surface area contributed by atoms with Gasteiger partial charge < -0.3 is 38.7 Å². The van der Waals surface area contributed by atoms with Crippen LogP contribution in [0.4, 0.5) is 0 Å². The molecule has 0 heterocycles. The van der Waals surface area contributed by atoms with Crippen LogP contribution in [0, 0.1) is 0 Å². The summed E-state index contributed by atoms with van der Waals surface area (Å²) < 4.78 is 23.6. The van der Waals surface area contributed by atoms with Crippen LogP contribution < -0.4 is 10.2 Å². The topological polar surface area (TPSA) is 151 Å². The van der Waals surface area contributed by atoms with E-state index in [1.165, 1.54) is 90.9 Å². The van der Waals surface area contributed by atoms with Gasteiger partial charge in [-0.25, -0.2) is 0 Å². The largest absolute Gasteiger partial charge is 2.00 e. The Morgan fingerprint density at radius 2 is 0.723 bits per heavy atom. The van der Waals surface area contributed by atoms with E-state index in [1.54, 1.807) is 0 Å². The molecule has 0 saturated heterocycles. The van der Waals surface area contributed by atoms with E-state index in [2.05, 4.69) is 13.8 Å². The number of aliphatic carboxylic acids is 2. The summed E-state index contributed by atoms with van der Waals surface area (Å²) in [6, 6.07) is 20.0. The van der Waals surface area contributed by atoms with Gasteiger partial charge >= 0.3 is 60.8 Å². The van der Waals surface area contributed by atoms with Gasteiger partial charge in [0.15, 0.2) is 0 Å². The average Bonchev–Trinajstić information content (AvgIpc) is 3.26. The van der Waals surface area contributed by atoms with Crippen molar-refractivity contribution < 1.29 is 48.3 Å². The molecule has 4 atom stereocenters. The van der Waals surface area contributed by atoms with Crippen molar-refractivity contribution in [3.05, 3.63) is 71.8 Å². The zero-order valence-corrected chi connectivity index (χ0v) is 45.5. The van der Waals surface area contributed by atoms with Gasteiger partial charge in [0.2, 0.25) is 0 Å². The molecule has 0 aromatic heterocycles. The maximum atomic E-state index is 11.7. The molecule has 2 aromatic carbocycles. The second kappa shape index (κ2) is 44.3. The fourth-order valence-electron chi connectivity index (χ4n) is 7.92. The standard InChI is InChI=1S/2C27H44O5.Ba/c2*1-3-4-5-6-7-8-9-13-19-26(32-23(2)28)21-25(18-14-15-20-27(29)30)31-22-24-16-11-10-12-17-24;/h2*10-12,16-17,25-26H,3-9,13-15,18-22H2,1-2H3,(H,29,30);/q;;+2/p-2. The van der Waals surface area contributed by atoms with E-state index in [0.29, 0.717) is 38.9 Å². The third-order valence-corrected chi connectivity index (χ3v) is 11.4. The number of hydrogen-bond donors (Lipinski definition) is 0. The maximum Gasteiger partial charge on any atom is 2.00 e. The number of rotatable bonds is 40. The molecule has 2 aromatic rings. The van der Waals surface area contributed by atoms with Crippen LogP contribution in [-0.2, 0) is 51.3 Å². The first-order valence-corrected chi connectivity index (χ1v) is 25.1. The molecule has 0 aliphatic rings. The van der Waals surface area contributed by atoms with Crippen LogP contribution in [0.3, 0.4) is 0 Å². The van der Waals surface area contributed by atoms with E-state index in [4.69, 9.17) is 18.9 Å². The number of hydrogen-bond acceptors (Lipinski definition) is 10. The molecular formula is C54H86BaO10. The van der Waals surface area contributed by atoms with E-state index < -0.39 is 11.9 Å². The molecule has 0 saturated carbocycles. The number of esters is 2. The van der Waals surface area contributed by atoms with Gasteiger partial charge in [0, 0.05) is 38.6 Å². The molecule has 10 nitrogen and oxygen atoms in total. The number of carbonyl (C=O) groups excluding carboxylic acids is 4. The van der Waals surface area contributed by atoms with Gasteiger partial charge in [-0.15, -0.1) is 0 Å². The van der Waals surface area contributed by atoms with Gasteiger partial charge in [-0.1, -0.05) is 177 Å². The quantitative estimate of drug-likeness (QED) is 0.0358.